The molecule has 0 aliphatic heterocycles. The summed E-state index contributed by atoms with van der Waals surface area (Å²) in [6.07, 6.45) is 5.70. The van der Waals surface area contributed by atoms with Crippen molar-refractivity contribution in [2.75, 3.05) is 27.2 Å². The predicted molar refractivity (Wildman–Crippen MR) is 190 cm³/mol. The van der Waals surface area contributed by atoms with Crippen LogP contribution in [-0.4, -0.2) is 49.3 Å². The average Bonchev–Trinajstić information content (AvgIpc) is 3.05. The summed E-state index contributed by atoms with van der Waals surface area (Å²) in [6, 6.07) is 39.4. The zero-order chi connectivity index (χ0) is 33.6. The maximum absolute atomic E-state index is 9.55. The van der Waals surface area contributed by atoms with Gasteiger partial charge in [0, 0.05) is 12.2 Å². The van der Waals surface area contributed by atoms with Crippen molar-refractivity contribution in [3.8, 4) is 0 Å². The van der Waals surface area contributed by atoms with Gasteiger partial charge in [0.15, 0.2) is 0 Å². The number of hydrogen-bond donors (Lipinski definition) is 4. The van der Waals surface area contributed by atoms with Gasteiger partial charge in [-0.3, -0.25) is 0 Å². The van der Waals surface area contributed by atoms with E-state index in [1.54, 1.807) is 0 Å². The van der Waals surface area contributed by atoms with Crippen LogP contribution in [0.1, 0.15) is 58.1 Å². The van der Waals surface area contributed by atoms with E-state index in [0.29, 0.717) is 24.0 Å². The molecule has 0 radical (unpaired) electrons. The van der Waals surface area contributed by atoms with Crippen LogP contribution in [0.15, 0.2) is 121 Å². The van der Waals surface area contributed by atoms with Crippen LogP contribution < -0.4 is 10.6 Å². The summed E-state index contributed by atoms with van der Waals surface area (Å²) >= 11 is 0. The number of aliphatic carboxylic acids is 2. The Hall–Kier alpha value is -4.52. The van der Waals surface area contributed by atoms with Gasteiger partial charge in [-0.2, -0.15) is 0 Å². The third-order valence-corrected chi connectivity index (χ3v) is 7.53. The summed E-state index contributed by atoms with van der Waals surface area (Å²) in [4.78, 5) is 19.1. The standard InChI is InChI=1S/2C18H23N.C4H4O4/c2*1-15-7-6-8-16(13-15)14-18(11-12-19-2)17-9-4-3-5-10-17;5-3(6)1-2-4(7)8/h2*3-10,13,18-19H,11-12,14H2,1-2H3;1-2H,(H,5,6)(H,7,8)/b;;2-1+. The molecule has 244 valence electrons. The van der Waals surface area contributed by atoms with Gasteiger partial charge in [0.1, 0.15) is 0 Å². The van der Waals surface area contributed by atoms with Crippen molar-refractivity contribution in [3.05, 3.63) is 155 Å². The molecule has 2 atom stereocenters. The summed E-state index contributed by atoms with van der Waals surface area (Å²) < 4.78 is 0. The summed E-state index contributed by atoms with van der Waals surface area (Å²) in [6.45, 7) is 6.44. The Bertz CT molecular complexity index is 1340. The zero-order valence-electron chi connectivity index (χ0n) is 27.7. The van der Waals surface area contributed by atoms with Crippen LogP contribution in [-0.2, 0) is 22.4 Å². The summed E-state index contributed by atoms with van der Waals surface area (Å²) in [7, 11) is 4.05. The molecule has 6 nitrogen and oxygen atoms in total. The van der Waals surface area contributed by atoms with Gasteiger partial charge in [-0.15, -0.1) is 0 Å². The maximum Gasteiger partial charge on any atom is 0.328 e. The molecule has 2 unspecified atom stereocenters. The van der Waals surface area contributed by atoms with E-state index >= 15 is 0 Å². The van der Waals surface area contributed by atoms with Gasteiger partial charge in [0.25, 0.3) is 0 Å². The fourth-order valence-electron chi connectivity index (χ4n) is 5.25. The highest BCUT2D eigenvalue weighted by molar-refractivity contribution is 5.89. The maximum atomic E-state index is 9.55. The van der Waals surface area contributed by atoms with E-state index in [0.717, 1.165) is 25.9 Å². The van der Waals surface area contributed by atoms with Crippen molar-refractivity contribution in [1.82, 2.24) is 10.6 Å². The Kier molecular flexibility index (Phi) is 18.1. The molecule has 0 saturated carbocycles. The van der Waals surface area contributed by atoms with Crippen molar-refractivity contribution in [2.24, 2.45) is 0 Å². The fraction of sp³-hybridized carbons (Fsp3) is 0.300. The summed E-state index contributed by atoms with van der Waals surface area (Å²) in [5.41, 5.74) is 8.45. The van der Waals surface area contributed by atoms with Crippen molar-refractivity contribution in [2.45, 2.75) is 51.4 Å². The molecule has 0 saturated heterocycles. The lowest BCUT2D eigenvalue weighted by molar-refractivity contribution is -0.134. The number of nitrogens with one attached hydrogen (secondary N) is 2. The van der Waals surface area contributed by atoms with Crippen molar-refractivity contribution in [1.29, 1.82) is 0 Å². The normalized spacial score (nSPS) is 11.8. The number of carboxylic acids is 2. The van der Waals surface area contributed by atoms with Crippen molar-refractivity contribution < 1.29 is 19.8 Å². The molecule has 4 aromatic rings. The fourth-order valence-corrected chi connectivity index (χ4v) is 5.25. The molecule has 0 aliphatic carbocycles. The van der Waals surface area contributed by atoms with E-state index in [-0.39, 0.29) is 0 Å². The SMILES string of the molecule is CNCCC(Cc1cccc(C)c1)c1ccccc1.CNCCC(Cc1cccc(C)c1)c1ccccc1.O=C(O)/C=C/C(=O)O. The average molecular weight is 623 g/mol. The molecule has 0 aliphatic rings. The molecular formula is C40H50N2O4. The highest BCUT2D eigenvalue weighted by Gasteiger charge is 2.13. The number of benzene rings is 4. The minimum Gasteiger partial charge on any atom is -0.478 e. The highest BCUT2D eigenvalue weighted by Crippen LogP contribution is 2.25. The van der Waals surface area contributed by atoms with Crippen LogP contribution >= 0.6 is 0 Å². The molecule has 4 rings (SSSR count). The lowest BCUT2D eigenvalue weighted by atomic mass is 9.89. The Labute approximate surface area is 275 Å². The molecule has 0 aromatic heterocycles. The second kappa shape index (κ2) is 22.1. The number of rotatable bonds is 14. The molecule has 4 aromatic carbocycles. The Balaban J connectivity index is 0.000000261. The molecule has 0 bridgehead atoms. The molecule has 46 heavy (non-hydrogen) atoms. The highest BCUT2D eigenvalue weighted by atomic mass is 16.4. The quantitative estimate of drug-likeness (QED) is 0.108. The van der Waals surface area contributed by atoms with Crippen molar-refractivity contribution in [3.63, 3.8) is 0 Å². The third-order valence-electron chi connectivity index (χ3n) is 7.53. The third kappa shape index (κ3) is 16.0. The number of hydrogen-bond acceptors (Lipinski definition) is 4. The smallest absolute Gasteiger partial charge is 0.328 e. The molecule has 0 heterocycles. The molecule has 0 spiro atoms. The second-order valence-electron chi connectivity index (χ2n) is 11.4. The van der Waals surface area contributed by atoms with Crippen LogP contribution in [0.5, 0.6) is 0 Å². The van der Waals surface area contributed by atoms with E-state index < -0.39 is 11.9 Å². The first kappa shape index (κ1) is 37.7. The molecule has 4 N–H and O–H groups in total. The van der Waals surface area contributed by atoms with Crippen LogP contribution in [0.4, 0.5) is 0 Å². The Morgan fingerprint density at radius 3 is 1.26 bits per heavy atom. The topological polar surface area (TPSA) is 98.7 Å². The van der Waals surface area contributed by atoms with E-state index in [1.165, 1.54) is 46.2 Å². The summed E-state index contributed by atoms with van der Waals surface area (Å²) in [5, 5.41) is 22.2. The zero-order valence-corrected chi connectivity index (χ0v) is 27.7. The van der Waals surface area contributed by atoms with Gasteiger partial charge in [-0.1, -0.05) is 120 Å². The van der Waals surface area contributed by atoms with Crippen molar-refractivity contribution >= 4 is 11.9 Å². The lowest BCUT2D eigenvalue weighted by Crippen LogP contribution is -2.14. The van der Waals surface area contributed by atoms with E-state index in [4.69, 9.17) is 10.2 Å². The van der Waals surface area contributed by atoms with Crippen LogP contribution in [0, 0.1) is 13.8 Å². The van der Waals surface area contributed by atoms with Crippen LogP contribution in [0.25, 0.3) is 0 Å². The predicted octanol–water partition coefficient (Wildman–Crippen LogP) is 7.57. The van der Waals surface area contributed by atoms with E-state index in [2.05, 4.69) is 134 Å². The van der Waals surface area contributed by atoms with E-state index in [1.807, 2.05) is 14.1 Å². The minimum absolute atomic E-state index is 0.558. The number of carbonyl (C=O) groups is 2. The second-order valence-corrected chi connectivity index (χ2v) is 11.4. The first-order valence-corrected chi connectivity index (χ1v) is 15.9. The van der Waals surface area contributed by atoms with Gasteiger partial charge >= 0.3 is 11.9 Å². The van der Waals surface area contributed by atoms with Gasteiger partial charge in [-0.05, 0) is 101 Å². The van der Waals surface area contributed by atoms with Gasteiger partial charge in [0.2, 0.25) is 0 Å². The largest absolute Gasteiger partial charge is 0.478 e. The minimum atomic E-state index is -1.26. The van der Waals surface area contributed by atoms with E-state index in [9.17, 15) is 9.59 Å². The monoisotopic (exact) mass is 622 g/mol. The molecule has 0 amide bonds. The molecule has 0 fully saturated rings. The van der Waals surface area contributed by atoms with Crippen LogP contribution in [0.3, 0.4) is 0 Å². The lowest BCUT2D eigenvalue weighted by Gasteiger charge is -2.17. The van der Waals surface area contributed by atoms with Gasteiger partial charge in [-0.25, -0.2) is 9.59 Å². The first-order valence-electron chi connectivity index (χ1n) is 15.9. The Morgan fingerprint density at radius 1 is 0.587 bits per heavy atom. The first-order chi connectivity index (χ1) is 22.2. The summed E-state index contributed by atoms with van der Waals surface area (Å²) in [5.74, 6) is -1.33. The Morgan fingerprint density at radius 2 is 0.957 bits per heavy atom. The number of carboxylic acid groups (broad SMARTS) is 2. The molecule has 6 heteroatoms. The van der Waals surface area contributed by atoms with Crippen LogP contribution in [0.2, 0.25) is 0 Å². The van der Waals surface area contributed by atoms with Gasteiger partial charge < -0.3 is 20.8 Å². The van der Waals surface area contributed by atoms with Gasteiger partial charge in [0.05, 0.1) is 0 Å². The molecular weight excluding hydrogens is 572 g/mol. The number of aryl methyl sites for hydroxylation is 2.